The largest absolute Gasteiger partial charge is 0.391 e. The van der Waals surface area contributed by atoms with Crippen LogP contribution in [0.2, 0.25) is 0 Å². The Morgan fingerprint density at radius 2 is 1.89 bits per heavy atom. The molecule has 18 heavy (non-hydrogen) atoms. The van der Waals surface area contributed by atoms with E-state index in [1.54, 1.807) is 0 Å². The molecule has 0 aliphatic heterocycles. The van der Waals surface area contributed by atoms with E-state index in [0.29, 0.717) is 12.5 Å². The van der Waals surface area contributed by atoms with Gasteiger partial charge in [-0.15, -0.1) is 0 Å². The van der Waals surface area contributed by atoms with Crippen LogP contribution in [0.15, 0.2) is 0 Å². The van der Waals surface area contributed by atoms with E-state index in [1.165, 1.54) is 11.5 Å². The molecule has 1 aromatic rings. The maximum Gasteiger partial charge on any atom is 0.202 e. The molecule has 1 atom stereocenters. The molecule has 0 spiro atoms. The molecule has 0 amide bonds. The van der Waals surface area contributed by atoms with Gasteiger partial charge in [0.05, 0.1) is 6.10 Å². The quantitative estimate of drug-likeness (QED) is 0.835. The SMILES string of the molecule is CCC(CC)C(O)CNc1nc(C(C)(C)C)ns1. The van der Waals surface area contributed by atoms with Gasteiger partial charge < -0.3 is 10.4 Å². The number of rotatable bonds is 6. The lowest BCUT2D eigenvalue weighted by molar-refractivity contribution is 0.114. The molecular formula is C13H25N3OS. The number of nitrogens with zero attached hydrogens (tertiary/aromatic N) is 2. The molecule has 2 N–H and O–H groups in total. The van der Waals surface area contributed by atoms with Crippen LogP contribution >= 0.6 is 11.5 Å². The van der Waals surface area contributed by atoms with Gasteiger partial charge in [-0.1, -0.05) is 47.5 Å². The van der Waals surface area contributed by atoms with Gasteiger partial charge in [0.2, 0.25) is 5.13 Å². The Morgan fingerprint density at radius 3 is 2.33 bits per heavy atom. The van der Waals surface area contributed by atoms with Gasteiger partial charge in [-0.3, -0.25) is 0 Å². The summed E-state index contributed by atoms with van der Waals surface area (Å²) in [5, 5.41) is 14.0. The van der Waals surface area contributed by atoms with Gasteiger partial charge >= 0.3 is 0 Å². The van der Waals surface area contributed by atoms with E-state index < -0.39 is 0 Å². The summed E-state index contributed by atoms with van der Waals surface area (Å²) in [4.78, 5) is 4.45. The van der Waals surface area contributed by atoms with Gasteiger partial charge in [-0.25, -0.2) is 4.98 Å². The lowest BCUT2D eigenvalue weighted by Gasteiger charge is -2.19. The summed E-state index contributed by atoms with van der Waals surface area (Å²) >= 11 is 1.36. The van der Waals surface area contributed by atoms with Crippen molar-refractivity contribution in [2.75, 3.05) is 11.9 Å². The van der Waals surface area contributed by atoms with E-state index in [-0.39, 0.29) is 11.5 Å². The van der Waals surface area contributed by atoms with Crippen LogP contribution in [0.1, 0.15) is 53.3 Å². The van der Waals surface area contributed by atoms with Crippen molar-refractivity contribution in [2.45, 2.75) is 59.0 Å². The Morgan fingerprint density at radius 1 is 1.28 bits per heavy atom. The number of aromatic nitrogens is 2. The molecule has 0 saturated heterocycles. The lowest BCUT2D eigenvalue weighted by atomic mass is 9.96. The van der Waals surface area contributed by atoms with Crippen LogP contribution in [0.5, 0.6) is 0 Å². The van der Waals surface area contributed by atoms with E-state index in [4.69, 9.17) is 0 Å². The molecule has 1 aromatic heterocycles. The summed E-state index contributed by atoms with van der Waals surface area (Å²) < 4.78 is 4.34. The number of anilines is 1. The van der Waals surface area contributed by atoms with Crippen molar-refractivity contribution in [1.82, 2.24) is 9.36 Å². The van der Waals surface area contributed by atoms with Crippen LogP contribution in [-0.2, 0) is 5.41 Å². The lowest BCUT2D eigenvalue weighted by Crippen LogP contribution is -2.27. The van der Waals surface area contributed by atoms with Crippen molar-refractivity contribution < 1.29 is 5.11 Å². The number of nitrogens with one attached hydrogen (secondary N) is 1. The van der Waals surface area contributed by atoms with Crippen molar-refractivity contribution in [3.05, 3.63) is 5.82 Å². The number of hydrogen-bond acceptors (Lipinski definition) is 5. The molecule has 104 valence electrons. The summed E-state index contributed by atoms with van der Waals surface area (Å²) in [6.07, 6.45) is 1.69. The summed E-state index contributed by atoms with van der Waals surface area (Å²) in [6, 6.07) is 0. The molecule has 1 unspecified atom stereocenters. The van der Waals surface area contributed by atoms with Crippen LogP contribution in [0.4, 0.5) is 5.13 Å². The third kappa shape index (κ3) is 4.21. The predicted octanol–water partition coefficient (Wildman–Crippen LogP) is 3.04. The van der Waals surface area contributed by atoms with Crippen LogP contribution in [0, 0.1) is 5.92 Å². The topological polar surface area (TPSA) is 58.0 Å². The second-order valence-electron chi connectivity index (χ2n) is 5.70. The number of aliphatic hydroxyl groups excluding tert-OH is 1. The zero-order valence-corrected chi connectivity index (χ0v) is 12.8. The molecule has 0 aliphatic rings. The van der Waals surface area contributed by atoms with Crippen LogP contribution in [0.25, 0.3) is 0 Å². The molecule has 0 saturated carbocycles. The van der Waals surface area contributed by atoms with E-state index in [0.717, 1.165) is 23.8 Å². The van der Waals surface area contributed by atoms with E-state index in [2.05, 4.69) is 49.3 Å². The molecule has 0 aliphatic carbocycles. The fourth-order valence-corrected chi connectivity index (χ4v) is 2.55. The van der Waals surface area contributed by atoms with Gasteiger partial charge in [-0.05, 0) is 5.92 Å². The summed E-state index contributed by atoms with van der Waals surface area (Å²) in [7, 11) is 0. The smallest absolute Gasteiger partial charge is 0.202 e. The van der Waals surface area contributed by atoms with Crippen molar-refractivity contribution in [3.63, 3.8) is 0 Å². The second-order valence-corrected chi connectivity index (χ2v) is 6.45. The average molecular weight is 271 g/mol. The Labute approximate surface area is 114 Å². The van der Waals surface area contributed by atoms with E-state index >= 15 is 0 Å². The maximum atomic E-state index is 10.0. The summed E-state index contributed by atoms with van der Waals surface area (Å²) in [5.41, 5.74) is -0.0234. The molecule has 0 radical (unpaired) electrons. The fraction of sp³-hybridized carbons (Fsp3) is 0.846. The summed E-state index contributed by atoms with van der Waals surface area (Å²) in [6.45, 7) is 11.1. The number of aliphatic hydroxyl groups is 1. The molecule has 5 heteroatoms. The minimum Gasteiger partial charge on any atom is -0.391 e. The van der Waals surface area contributed by atoms with Crippen molar-refractivity contribution in [1.29, 1.82) is 0 Å². The maximum absolute atomic E-state index is 10.0. The third-order valence-electron chi connectivity index (χ3n) is 3.15. The molecule has 1 heterocycles. The highest BCUT2D eigenvalue weighted by molar-refractivity contribution is 7.09. The van der Waals surface area contributed by atoms with Crippen molar-refractivity contribution in [3.8, 4) is 0 Å². The standard InChI is InChI=1S/C13H25N3OS/c1-6-9(7-2)10(17)8-14-12-15-11(16-18-12)13(3,4)5/h9-10,17H,6-8H2,1-5H3,(H,14,15,16). The van der Waals surface area contributed by atoms with Crippen LogP contribution in [0.3, 0.4) is 0 Å². The third-order valence-corrected chi connectivity index (χ3v) is 3.82. The van der Waals surface area contributed by atoms with Gasteiger partial charge in [0.25, 0.3) is 0 Å². The van der Waals surface area contributed by atoms with Crippen molar-refractivity contribution >= 4 is 16.7 Å². The minimum absolute atomic E-state index is 0.0234. The highest BCUT2D eigenvalue weighted by atomic mass is 32.1. The highest BCUT2D eigenvalue weighted by Gasteiger charge is 2.20. The van der Waals surface area contributed by atoms with Gasteiger partial charge in [-0.2, -0.15) is 4.37 Å². The second kappa shape index (κ2) is 6.48. The first-order valence-electron chi connectivity index (χ1n) is 6.64. The first kappa shape index (κ1) is 15.4. The minimum atomic E-state index is -0.318. The molecule has 0 fully saturated rings. The molecule has 1 rings (SSSR count). The Hall–Kier alpha value is -0.680. The zero-order valence-electron chi connectivity index (χ0n) is 12.0. The van der Waals surface area contributed by atoms with Crippen LogP contribution in [-0.4, -0.2) is 27.1 Å². The zero-order chi connectivity index (χ0) is 13.8. The number of hydrogen-bond donors (Lipinski definition) is 2. The fourth-order valence-electron chi connectivity index (χ4n) is 1.79. The van der Waals surface area contributed by atoms with Crippen molar-refractivity contribution in [2.24, 2.45) is 5.92 Å². The first-order chi connectivity index (χ1) is 8.38. The molecule has 0 aromatic carbocycles. The highest BCUT2D eigenvalue weighted by Crippen LogP contribution is 2.23. The van der Waals surface area contributed by atoms with Gasteiger partial charge in [0.15, 0.2) is 0 Å². The first-order valence-corrected chi connectivity index (χ1v) is 7.41. The predicted molar refractivity (Wildman–Crippen MR) is 77.2 cm³/mol. The molecule has 0 bridgehead atoms. The van der Waals surface area contributed by atoms with Gasteiger partial charge in [0.1, 0.15) is 5.82 Å². The average Bonchev–Trinajstić information content (AvgIpc) is 2.76. The monoisotopic (exact) mass is 271 g/mol. The van der Waals surface area contributed by atoms with E-state index in [9.17, 15) is 5.11 Å². The Bertz CT molecular complexity index is 355. The molecule has 4 nitrogen and oxygen atoms in total. The summed E-state index contributed by atoms with van der Waals surface area (Å²) in [5.74, 6) is 1.21. The Balaban J connectivity index is 2.51. The van der Waals surface area contributed by atoms with Crippen LogP contribution < -0.4 is 5.32 Å². The van der Waals surface area contributed by atoms with E-state index in [1.807, 2.05) is 0 Å². The van der Waals surface area contributed by atoms with Gasteiger partial charge in [0, 0.05) is 23.5 Å². The Kier molecular flexibility index (Phi) is 5.53. The normalized spacial score (nSPS) is 13.9. The molecular weight excluding hydrogens is 246 g/mol.